The number of aliphatic imine (C=N–C) groups is 1. The summed E-state index contributed by atoms with van der Waals surface area (Å²) in [6.07, 6.45) is -1.70. The largest absolute Gasteiger partial charge is 0.433 e. The normalized spacial score (nSPS) is 18.8. The van der Waals surface area contributed by atoms with E-state index in [9.17, 15) is 18.0 Å². The molecule has 1 fully saturated rings. The van der Waals surface area contributed by atoms with E-state index in [1.807, 2.05) is 13.0 Å². The van der Waals surface area contributed by atoms with Crippen LogP contribution in [0, 0.1) is 17.2 Å². The summed E-state index contributed by atoms with van der Waals surface area (Å²) in [4.78, 5) is 21.3. The third-order valence-electron chi connectivity index (χ3n) is 6.76. The highest BCUT2D eigenvalue weighted by Gasteiger charge is 2.33. The van der Waals surface area contributed by atoms with Crippen LogP contribution in [0.3, 0.4) is 0 Å². The highest BCUT2D eigenvalue weighted by molar-refractivity contribution is 6.31. The van der Waals surface area contributed by atoms with E-state index in [-0.39, 0.29) is 35.0 Å². The Morgan fingerprint density at radius 1 is 1.22 bits per heavy atom. The molecule has 3 aromatic rings. The van der Waals surface area contributed by atoms with Crippen molar-refractivity contribution < 1.29 is 18.0 Å². The molecule has 0 aliphatic heterocycles. The SMILES string of the molecule is CC(C#N)c1cccc(C(=O)N[C@H](C)C2CCCC(=Nc3cc(C(F)(F)F)nc4ccc(Cl)cc34)C2)c1. The first-order valence-corrected chi connectivity index (χ1v) is 12.5. The van der Waals surface area contributed by atoms with E-state index >= 15 is 0 Å². The van der Waals surface area contributed by atoms with Crippen molar-refractivity contribution in [3.8, 4) is 6.07 Å². The molecule has 192 valence electrons. The van der Waals surface area contributed by atoms with Gasteiger partial charge in [0.15, 0.2) is 0 Å². The molecular formula is C28H26ClF3N4O. The lowest BCUT2D eigenvalue weighted by Gasteiger charge is -2.29. The summed E-state index contributed by atoms with van der Waals surface area (Å²) in [7, 11) is 0. The number of carbonyl (C=O) groups excluding carboxylic acids is 1. The molecule has 1 aliphatic carbocycles. The molecule has 1 heterocycles. The van der Waals surface area contributed by atoms with Gasteiger partial charge >= 0.3 is 6.18 Å². The van der Waals surface area contributed by atoms with Crippen molar-refractivity contribution in [1.29, 1.82) is 5.26 Å². The van der Waals surface area contributed by atoms with Crippen LogP contribution in [0.5, 0.6) is 0 Å². The number of carbonyl (C=O) groups is 1. The molecule has 0 radical (unpaired) electrons. The number of hydrogen-bond acceptors (Lipinski definition) is 4. The maximum atomic E-state index is 13.5. The molecule has 1 aliphatic rings. The van der Waals surface area contributed by atoms with Gasteiger partial charge in [0.2, 0.25) is 0 Å². The molecule has 4 rings (SSSR count). The molecule has 5 nitrogen and oxygen atoms in total. The minimum absolute atomic E-state index is 0.0800. The zero-order chi connectivity index (χ0) is 26.7. The number of rotatable bonds is 5. The van der Waals surface area contributed by atoms with Gasteiger partial charge in [0.1, 0.15) is 5.69 Å². The average molecular weight is 527 g/mol. The number of amides is 1. The smallest absolute Gasteiger partial charge is 0.349 e. The number of fused-ring (bicyclic) bond motifs is 1. The van der Waals surface area contributed by atoms with Gasteiger partial charge < -0.3 is 5.32 Å². The number of nitrogens with one attached hydrogen (secondary N) is 1. The van der Waals surface area contributed by atoms with Gasteiger partial charge in [0.25, 0.3) is 5.91 Å². The van der Waals surface area contributed by atoms with E-state index in [0.717, 1.165) is 30.2 Å². The summed E-state index contributed by atoms with van der Waals surface area (Å²) in [6, 6.07) is 14.5. The standard InChI is InChI=1S/C28H26ClF3N4O/c1-16(15-33)18-5-3-7-20(11-18)27(37)34-17(2)19-6-4-8-22(12-19)35-25-14-26(28(30,31)32)36-24-10-9-21(29)13-23(24)25/h3,5,7,9-11,13-14,16-17,19H,4,6,8,12H2,1-2H3,(H,34,37)/t16?,17-,19?/m1/s1. The zero-order valence-electron chi connectivity index (χ0n) is 20.4. The highest BCUT2D eigenvalue weighted by Crippen LogP contribution is 2.36. The summed E-state index contributed by atoms with van der Waals surface area (Å²) >= 11 is 6.11. The predicted molar refractivity (Wildman–Crippen MR) is 138 cm³/mol. The highest BCUT2D eigenvalue weighted by atomic mass is 35.5. The molecule has 2 aromatic carbocycles. The van der Waals surface area contributed by atoms with Gasteiger partial charge in [-0.05, 0) is 87.4 Å². The third kappa shape index (κ3) is 6.28. The van der Waals surface area contributed by atoms with Crippen LogP contribution in [0.25, 0.3) is 10.9 Å². The molecule has 1 saturated carbocycles. The molecule has 2 unspecified atom stereocenters. The van der Waals surface area contributed by atoms with Gasteiger partial charge in [-0.15, -0.1) is 0 Å². The van der Waals surface area contributed by atoms with E-state index in [4.69, 9.17) is 16.9 Å². The first kappa shape index (κ1) is 26.6. The lowest BCUT2D eigenvalue weighted by Crippen LogP contribution is -2.40. The molecule has 0 bridgehead atoms. The Morgan fingerprint density at radius 3 is 2.73 bits per heavy atom. The second kappa shape index (κ2) is 10.9. The van der Waals surface area contributed by atoms with Gasteiger partial charge in [-0.3, -0.25) is 9.79 Å². The summed E-state index contributed by atoms with van der Waals surface area (Å²) in [5.41, 5.74) is 1.41. The van der Waals surface area contributed by atoms with Crippen LogP contribution >= 0.6 is 11.6 Å². The zero-order valence-corrected chi connectivity index (χ0v) is 21.2. The maximum Gasteiger partial charge on any atom is 0.433 e. The quantitative estimate of drug-likeness (QED) is 0.371. The monoisotopic (exact) mass is 526 g/mol. The fourth-order valence-electron chi connectivity index (χ4n) is 4.62. The fraction of sp³-hybridized carbons (Fsp3) is 0.357. The molecule has 1 aromatic heterocycles. The first-order chi connectivity index (χ1) is 17.5. The van der Waals surface area contributed by atoms with Crippen molar-refractivity contribution in [2.45, 2.75) is 57.7 Å². The van der Waals surface area contributed by atoms with Gasteiger partial charge in [-0.2, -0.15) is 18.4 Å². The van der Waals surface area contributed by atoms with Crippen LogP contribution in [-0.4, -0.2) is 22.6 Å². The number of nitrogens with zero attached hydrogens (tertiary/aromatic N) is 3. The van der Waals surface area contributed by atoms with Gasteiger partial charge in [0.05, 0.1) is 23.2 Å². The van der Waals surface area contributed by atoms with Crippen LogP contribution in [0.4, 0.5) is 18.9 Å². The Balaban J connectivity index is 1.55. The summed E-state index contributed by atoms with van der Waals surface area (Å²) < 4.78 is 40.4. The first-order valence-electron chi connectivity index (χ1n) is 12.1. The summed E-state index contributed by atoms with van der Waals surface area (Å²) in [5, 5.41) is 13.1. The van der Waals surface area contributed by atoms with Crippen LogP contribution in [-0.2, 0) is 6.18 Å². The Labute approximate surface area is 218 Å². The molecular weight excluding hydrogens is 501 g/mol. The molecule has 0 spiro atoms. The van der Waals surface area contributed by atoms with Gasteiger partial charge in [0, 0.05) is 27.7 Å². The second-order valence-corrected chi connectivity index (χ2v) is 9.90. The number of pyridine rings is 1. The van der Waals surface area contributed by atoms with E-state index in [2.05, 4.69) is 21.4 Å². The molecule has 1 N–H and O–H groups in total. The van der Waals surface area contributed by atoms with Crippen LogP contribution in [0.15, 0.2) is 53.5 Å². The van der Waals surface area contributed by atoms with E-state index in [0.29, 0.717) is 28.8 Å². The number of benzene rings is 2. The van der Waals surface area contributed by atoms with Gasteiger partial charge in [-0.25, -0.2) is 4.98 Å². The molecule has 0 saturated heterocycles. The third-order valence-corrected chi connectivity index (χ3v) is 7.00. The van der Waals surface area contributed by atoms with Crippen molar-refractivity contribution >= 4 is 39.8 Å². The Kier molecular flexibility index (Phi) is 7.84. The number of nitriles is 1. The Morgan fingerprint density at radius 2 is 2.00 bits per heavy atom. The minimum Gasteiger partial charge on any atom is -0.349 e. The molecule has 1 amide bonds. The second-order valence-electron chi connectivity index (χ2n) is 9.46. The van der Waals surface area contributed by atoms with Crippen LogP contribution in [0.2, 0.25) is 5.02 Å². The molecule has 9 heteroatoms. The van der Waals surface area contributed by atoms with Crippen molar-refractivity contribution in [2.24, 2.45) is 10.9 Å². The van der Waals surface area contributed by atoms with E-state index in [1.54, 1.807) is 31.2 Å². The van der Waals surface area contributed by atoms with Crippen molar-refractivity contribution in [2.75, 3.05) is 0 Å². The van der Waals surface area contributed by atoms with Crippen molar-refractivity contribution in [1.82, 2.24) is 10.3 Å². The van der Waals surface area contributed by atoms with E-state index < -0.39 is 11.9 Å². The van der Waals surface area contributed by atoms with Gasteiger partial charge in [-0.1, -0.05) is 23.7 Å². The van der Waals surface area contributed by atoms with Crippen molar-refractivity contribution in [3.63, 3.8) is 0 Å². The number of halogens is 4. The predicted octanol–water partition coefficient (Wildman–Crippen LogP) is 7.62. The maximum absolute atomic E-state index is 13.5. The average Bonchev–Trinajstić information content (AvgIpc) is 2.88. The lowest BCUT2D eigenvalue weighted by molar-refractivity contribution is -0.140. The van der Waals surface area contributed by atoms with Crippen LogP contribution < -0.4 is 5.32 Å². The number of aromatic nitrogens is 1. The van der Waals surface area contributed by atoms with Crippen LogP contribution in [0.1, 0.15) is 67.1 Å². The number of hydrogen-bond donors (Lipinski definition) is 1. The number of alkyl halides is 3. The van der Waals surface area contributed by atoms with Crippen molar-refractivity contribution in [3.05, 3.63) is 70.4 Å². The Hall–Kier alpha value is -3.44. The lowest BCUT2D eigenvalue weighted by atomic mass is 9.83. The minimum atomic E-state index is -4.60. The molecule has 37 heavy (non-hydrogen) atoms. The van der Waals surface area contributed by atoms with E-state index in [1.165, 1.54) is 12.1 Å². The topological polar surface area (TPSA) is 78.1 Å². The summed E-state index contributed by atoms with van der Waals surface area (Å²) in [6.45, 7) is 3.71. The fourth-order valence-corrected chi connectivity index (χ4v) is 4.80. The Bertz CT molecular complexity index is 1400. The molecule has 3 atom stereocenters. The summed E-state index contributed by atoms with van der Waals surface area (Å²) in [5.74, 6) is -0.469.